The highest BCUT2D eigenvalue weighted by Gasteiger charge is 2.02. The van der Waals surface area contributed by atoms with Crippen molar-refractivity contribution in [3.8, 4) is 0 Å². The Labute approximate surface area is 105 Å². The average Bonchev–Trinajstić information content (AvgIpc) is 2.40. The number of rotatable bonds is 4. The number of hydrogen-bond acceptors (Lipinski definition) is 2. The van der Waals surface area contributed by atoms with Crippen molar-refractivity contribution in [3.05, 3.63) is 72.3 Å². The maximum Gasteiger partial charge on any atom is 0.143 e. The first-order chi connectivity index (χ1) is 8.40. The molecule has 0 saturated heterocycles. The molecule has 0 unspecified atom stereocenters. The van der Waals surface area contributed by atoms with Gasteiger partial charge in [-0.1, -0.05) is 60.3 Å². The van der Waals surface area contributed by atoms with Crippen LogP contribution in [0.15, 0.2) is 71.6 Å². The first-order valence-corrected chi connectivity index (χ1v) is 6.15. The molecule has 0 amide bonds. The van der Waals surface area contributed by atoms with Gasteiger partial charge in [0.2, 0.25) is 0 Å². The molecule has 2 heteroatoms. The fourth-order valence-electron chi connectivity index (χ4n) is 1.47. The minimum absolute atomic E-state index is 0.832. The minimum atomic E-state index is 0.832. The number of hydrogen-bond donors (Lipinski definition) is 0. The number of carbonyl (C=O) groups is 1. The zero-order valence-corrected chi connectivity index (χ0v) is 10.1. The highest BCUT2D eigenvalue weighted by Crippen LogP contribution is 2.33. The molecule has 0 N–H and O–H groups in total. The molecule has 17 heavy (non-hydrogen) atoms. The zero-order chi connectivity index (χ0) is 11.9. The van der Waals surface area contributed by atoms with Crippen LogP contribution in [0.5, 0.6) is 0 Å². The van der Waals surface area contributed by atoms with Gasteiger partial charge in [-0.25, -0.2) is 0 Å². The highest BCUT2D eigenvalue weighted by molar-refractivity contribution is 8.08. The Bertz CT molecular complexity index is 503. The number of thioether (sulfide) groups is 1. The molecule has 2 rings (SSSR count). The number of aldehydes is 1. The van der Waals surface area contributed by atoms with E-state index in [0.29, 0.717) is 0 Å². The Balaban J connectivity index is 2.26. The average molecular weight is 240 g/mol. The molecule has 0 heterocycles. The van der Waals surface area contributed by atoms with Crippen LogP contribution in [0.1, 0.15) is 5.56 Å². The van der Waals surface area contributed by atoms with Gasteiger partial charge in [-0.05, 0) is 23.8 Å². The molecule has 0 aromatic heterocycles. The predicted octanol–water partition coefficient (Wildman–Crippen LogP) is 4.02. The van der Waals surface area contributed by atoms with Gasteiger partial charge in [-0.15, -0.1) is 0 Å². The van der Waals surface area contributed by atoms with E-state index >= 15 is 0 Å². The van der Waals surface area contributed by atoms with E-state index in [-0.39, 0.29) is 0 Å². The van der Waals surface area contributed by atoms with Crippen LogP contribution in [0.25, 0.3) is 4.91 Å². The van der Waals surface area contributed by atoms with Gasteiger partial charge in [-0.2, -0.15) is 0 Å². The third-order valence-corrected chi connectivity index (χ3v) is 3.35. The normalized spacial score (nSPS) is 11.2. The topological polar surface area (TPSA) is 17.1 Å². The summed E-state index contributed by atoms with van der Waals surface area (Å²) in [5.41, 5.74) is 1.06. The molecule has 0 spiro atoms. The van der Waals surface area contributed by atoms with Gasteiger partial charge in [-0.3, -0.25) is 4.79 Å². The van der Waals surface area contributed by atoms with Crippen molar-refractivity contribution >= 4 is 23.0 Å². The maximum absolute atomic E-state index is 10.7. The third-order valence-electron chi connectivity index (χ3n) is 2.25. The minimum Gasteiger partial charge on any atom is -0.299 e. The second kappa shape index (κ2) is 6.06. The second-order valence-electron chi connectivity index (χ2n) is 3.45. The summed E-state index contributed by atoms with van der Waals surface area (Å²) < 4.78 is 0. The summed E-state index contributed by atoms with van der Waals surface area (Å²) in [6, 6.07) is 20.0. The van der Waals surface area contributed by atoms with Crippen LogP contribution in [-0.4, -0.2) is 6.29 Å². The Kier molecular flexibility index (Phi) is 4.17. The third kappa shape index (κ3) is 3.33. The van der Waals surface area contributed by atoms with Crippen molar-refractivity contribution in [2.45, 2.75) is 4.90 Å². The van der Waals surface area contributed by atoms with Crippen molar-refractivity contribution in [3.63, 3.8) is 0 Å². The van der Waals surface area contributed by atoms with E-state index in [1.807, 2.05) is 60.7 Å². The van der Waals surface area contributed by atoms with Gasteiger partial charge in [0.25, 0.3) is 0 Å². The second-order valence-corrected chi connectivity index (χ2v) is 4.56. The number of allylic oxidation sites excluding steroid dienone is 1. The summed E-state index contributed by atoms with van der Waals surface area (Å²) in [5.74, 6) is 0. The van der Waals surface area contributed by atoms with Crippen molar-refractivity contribution in [2.75, 3.05) is 0 Å². The van der Waals surface area contributed by atoms with Gasteiger partial charge < -0.3 is 0 Å². The van der Waals surface area contributed by atoms with E-state index < -0.39 is 0 Å². The van der Waals surface area contributed by atoms with E-state index in [1.54, 1.807) is 17.8 Å². The van der Waals surface area contributed by atoms with Crippen LogP contribution in [0, 0.1) is 0 Å². The molecule has 2 aromatic rings. The highest BCUT2D eigenvalue weighted by atomic mass is 32.2. The Morgan fingerprint density at radius 2 is 1.47 bits per heavy atom. The van der Waals surface area contributed by atoms with Crippen LogP contribution in [0.4, 0.5) is 0 Å². The monoisotopic (exact) mass is 240 g/mol. The van der Waals surface area contributed by atoms with Gasteiger partial charge in [0.15, 0.2) is 0 Å². The van der Waals surface area contributed by atoms with Crippen molar-refractivity contribution < 1.29 is 4.79 Å². The van der Waals surface area contributed by atoms with Crippen LogP contribution in [0.2, 0.25) is 0 Å². The quantitative estimate of drug-likeness (QED) is 0.456. The van der Waals surface area contributed by atoms with Crippen molar-refractivity contribution in [1.82, 2.24) is 0 Å². The summed E-state index contributed by atoms with van der Waals surface area (Å²) in [4.78, 5) is 12.8. The molecule has 0 aliphatic carbocycles. The number of benzene rings is 2. The molecule has 0 fully saturated rings. The lowest BCUT2D eigenvalue weighted by Crippen LogP contribution is -1.81. The standard InChI is InChI=1S/C15H12OS/c16-12-11-15(13-7-3-1-4-8-13)17-14-9-5-2-6-10-14/h1-12H/b15-11+. The van der Waals surface area contributed by atoms with E-state index in [0.717, 1.165) is 21.7 Å². The SMILES string of the molecule is O=C/C=C(/Sc1ccccc1)c1ccccc1. The summed E-state index contributed by atoms with van der Waals surface area (Å²) in [7, 11) is 0. The summed E-state index contributed by atoms with van der Waals surface area (Å²) in [5, 5.41) is 0. The van der Waals surface area contributed by atoms with Crippen LogP contribution in [0.3, 0.4) is 0 Å². The van der Waals surface area contributed by atoms with Gasteiger partial charge in [0.1, 0.15) is 6.29 Å². The van der Waals surface area contributed by atoms with Gasteiger partial charge in [0.05, 0.1) is 0 Å². The molecular formula is C15H12OS. The molecule has 0 aliphatic rings. The largest absolute Gasteiger partial charge is 0.299 e. The smallest absolute Gasteiger partial charge is 0.143 e. The fraction of sp³-hybridized carbons (Fsp3) is 0. The number of carbonyl (C=O) groups excluding carboxylic acids is 1. The lowest BCUT2D eigenvalue weighted by atomic mass is 10.2. The maximum atomic E-state index is 10.7. The molecule has 0 bridgehead atoms. The van der Waals surface area contributed by atoms with E-state index in [9.17, 15) is 4.79 Å². The molecular weight excluding hydrogens is 228 g/mol. The fourth-order valence-corrected chi connectivity index (χ4v) is 2.39. The van der Waals surface area contributed by atoms with Crippen molar-refractivity contribution in [2.24, 2.45) is 0 Å². The van der Waals surface area contributed by atoms with E-state index in [1.165, 1.54) is 0 Å². The molecule has 0 aliphatic heterocycles. The van der Waals surface area contributed by atoms with Crippen LogP contribution >= 0.6 is 11.8 Å². The Morgan fingerprint density at radius 3 is 2.06 bits per heavy atom. The zero-order valence-electron chi connectivity index (χ0n) is 9.24. The molecule has 2 aromatic carbocycles. The van der Waals surface area contributed by atoms with Gasteiger partial charge in [0, 0.05) is 9.80 Å². The molecule has 0 atom stereocenters. The summed E-state index contributed by atoms with van der Waals surface area (Å²) in [6.45, 7) is 0. The molecule has 84 valence electrons. The molecule has 0 saturated carbocycles. The Hall–Kier alpha value is -1.80. The van der Waals surface area contributed by atoms with E-state index in [2.05, 4.69) is 0 Å². The van der Waals surface area contributed by atoms with Crippen LogP contribution < -0.4 is 0 Å². The van der Waals surface area contributed by atoms with Gasteiger partial charge >= 0.3 is 0 Å². The first-order valence-electron chi connectivity index (χ1n) is 5.34. The first kappa shape index (κ1) is 11.7. The van der Waals surface area contributed by atoms with E-state index in [4.69, 9.17) is 0 Å². The predicted molar refractivity (Wildman–Crippen MR) is 72.8 cm³/mol. The molecule has 0 radical (unpaired) electrons. The molecule has 1 nitrogen and oxygen atoms in total. The van der Waals surface area contributed by atoms with Crippen molar-refractivity contribution in [1.29, 1.82) is 0 Å². The van der Waals surface area contributed by atoms with Crippen LogP contribution in [-0.2, 0) is 4.79 Å². The lowest BCUT2D eigenvalue weighted by molar-refractivity contribution is -0.104. The summed E-state index contributed by atoms with van der Waals surface area (Å²) >= 11 is 1.60. The summed E-state index contributed by atoms with van der Waals surface area (Å²) in [6.07, 6.45) is 2.44. The Morgan fingerprint density at radius 1 is 0.882 bits per heavy atom. The lowest BCUT2D eigenvalue weighted by Gasteiger charge is -2.06.